The fourth-order valence-electron chi connectivity index (χ4n) is 2.11. The summed E-state index contributed by atoms with van der Waals surface area (Å²) in [5.74, 6) is 0.664. The van der Waals surface area contributed by atoms with Crippen LogP contribution in [0.5, 0.6) is 5.75 Å². The number of nitrogens with one attached hydrogen (secondary N) is 1. The van der Waals surface area contributed by atoms with Gasteiger partial charge in [-0.2, -0.15) is 0 Å². The largest absolute Gasteiger partial charge is 0.496 e. The molecule has 4 nitrogen and oxygen atoms in total. The third kappa shape index (κ3) is 3.62. The van der Waals surface area contributed by atoms with E-state index in [2.05, 4.69) is 4.72 Å². The summed E-state index contributed by atoms with van der Waals surface area (Å²) in [6, 6.07) is 13.8. The molecule has 0 bridgehead atoms. The topological polar surface area (TPSA) is 55.4 Å². The van der Waals surface area contributed by atoms with Crippen LogP contribution >= 0.6 is 0 Å². The highest BCUT2D eigenvalue weighted by Crippen LogP contribution is 2.25. The first-order chi connectivity index (χ1) is 9.94. The number of rotatable bonds is 5. The van der Waals surface area contributed by atoms with Crippen LogP contribution in [0.3, 0.4) is 0 Å². The zero-order valence-electron chi connectivity index (χ0n) is 12.3. The van der Waals surface area contributed by atoms with Crippen LogP contribution in [0.15, 0.2) is 53.4 Å². The molecule has 0 spiro atoms. The highest BCUT2D eigenvalue weighted by Gasteiger charge is 2.20. The van der Waals surface area contributed by atoms with E-state index in [1.165, 1.54) is 0 Å². The third-order valence-electron chi connectivity index (χ3n) is 3.27. The van der Waals surface area contributed by atoms with E-state index in [1.54, 1.807) is 38.3 Å². The Labute approximate surface area is 125 Å². The molecule has 112 valence electrons. The lowest BCUT2D eigenvalue weighted by molar-refractivity contribution is 0.405. The van der Waals surface area contributed by atoms with Gasteiger partial charge in [-0.1, -0.05) is 35.9 Å². The summed E-state index contributed by atoms with van der Waals surface area (Å²) in [4.78, 5) is 0.259. The molecule has 2 aromatic rings. The Kier molecular flexibility index (Phi) is 4.65. The van der Waals surface area contributed by atoms with Crippen LogP contribution < -0.4 is 9.46 Å². The first kappa shape index (κ1) is 15.5. The van der Waals surface area contributed by atoms with Gasteiger partial charge in [0.25, 0.3) is 0 Å². The second-order valence-corrected chi connectivity index (χ2v) is 6.61. The van der Waals surface area contributed by atoms with Gasteiger partial charge in [0.15, 0.2) is 0 Å². The van der Waals surface area contributed by atoms with Gasteiger partial charge in [0.1, 0.15) is 5.75 Å². The van der Waals surface area contributed by atoms with Crippen molar-refractivity contribution in [3.8, 4) is 5.75 Å². The van der Waals surface area contributed by atoms with Crippen LogP contribution in [0.25, 0.3) is 0 Å². The van der Waals surface area contributed by atoms with Gasteiger partial charge >= 0.3 is 0 Å². The summed E-state index contributed by atoms with van der Waals surface area (Å²) in [6.45, 7) is 3.71. The van der Waals surface area contributed by atoms with Gasteiger partial charge in [0.2, 0.25) is 10.0 Å². The van der Waals surface area contributed by atoms with Crippen LogP contribution in [0.2, 0.25) is 0 Å². The Hall–Kier alpha value is -1.85. The molecule has 0 aromatic heterocycles. The number of sulfonamides is 1. The second-order valence-electron chi connectivity index (χ2n) is 4.90. The van der Waals surface area contributed by atoms with E-state index in [1.807, 2.05) is 31.2 Å². The SMILES string of the molecule is COc1ccccc1C(C)NS(=O)(=O)c1ccc(C)cc1. The second kappa shape index (κ2) is 6.28. The Morgan fingerprint density at radius 1 is 1.05 bits per heavy atom. The lowest BCUT2D eigenvalue weighted by atomic mass is 10.1. The van der Waals surface area contributed by atoms with Crippen LogP contribution in [0.1, 0.15) is 24.1 Å². The average molecular weight is 305 g/mol. The van der Waals surface area contributed by atoms with E-state index < -0.39 is 10.0 Å². The maximum Gasteiger partial charge on any atom is 0.241 e. The van der Waals surface area contributed by atoms with Gasteiger partial charge in [0, 0.05) is 11.6 Å². The maximum atomic E-state index is 12.4. The minimum absolute atomic E-state index is 0.259. The summed E-state index contributed by atoms with van der Waals surface area (Å²) >= 11 is 0. The summed E-state index contributed by atoms with van der Waals surface area (Å²) in [7, 11) is -1.99. The highest BCUT2D eigenvalue weighted by atomic mass is 32.2. The van der Waals surface area contributed by atoms with E-state index >= 15 is 0 Å². The molecule has 0 heterocycles. The molecule has 1 atom stereocenters. The molecule has 0 aliphatic rings. The Morgan fingerprint density at radius 2 is 1.67 bits per heavy atom. The molecule has 0 aliphatic carbocycles. The normalized spacial score (nSPS) is 12.9. The lowest BCUT2D eigenvalue weighted by Gasteiger charge is -2.17. The predicted molar refractivity (Wildman–Crippen MR) is 82.9 cm³/mol. The summed E-state index contributed by atoms with van der Waals surface area (Å²) in [5, 5.41) is 0. The monoisotopic (exact) mass is 305 g/mol. The van der Waals surface area contributed by atoms with Crippen molar-refractivity contribution in [3.05, 3.63) is 59.7 Å². The van der Waals surface area contributed by atoms with E-state index in [4.69, 9.17) is 4.74 Å². The molecule has 2 rings (SSSR count). The molecule has 5 heteroatoms. The van der Waals surface area contributed by atoms with Crippen LogP contribution in [-0.2, 0) is 10.0 Å². The van der Waals surface area contributed by atoms with Crippen molar-refractivity contribution in [2.75, 3.05) is 7.11 Å². The van der Waals surface area contributed by atoms with Crippen molar-refractivity contribution < 1.29 is 13.2 Å². The van der Waals surface area contributed by atoms with Gasteiger partial charge in [-0.15, -0.1) is 0 Å². The Bertz CT molecular complexity index is 709. The average Bonchev–Trinajstić information content (AvgIpc) is 2.47. The molecule has 2 aromatic carbocycles. The van der Waals surface area contributed by atoms with Crippen molar-refractivity contribution in [1.29, 1.82) is 0 Å². The van der Waals surface area contributed by atoms with E-state index in [9.17, 15) is 8.42 Å². The molecule has 0 saturated heterocycles. The van der Waals surface area contributed by atoms with Crippen molar-refractivity contribution in [1.82, 2.24) is 4.72 Å². The fourth-order valence-corrected chi connectivity index (χ4v) is 3.33. The molecule has 0 amide bonds. The van der Waals surface area contributed by atoms with Crippen molar-refractivity contribution in [2.24, 2.45) is 0 Å². The molecule has 0 fully saturated rings. The van der Waals surface area contributed by atoms with Gasteiger partial charge in [-0.3, -0.25) is 0 Å². The van der Waals surface area contributed by atoms with Gasteiger partial charge < -0.3 is 4.74 Å². The quantitative estimate of drug-likeness (QED) is 0.923. The third-order valence-corrected chi connectivity index (χ3v) is 4.83. The zero-order chi connectivity index (χ0) is 15.5. The van der Waals surface area contributed by atoms with Crippen LogP contribution in [0, 0.1) is 6.92 Å². The molecule has 21 heavy (non-hydrogen) atoms. The van der Waals surface area contributed by atoms with Crippen molar-refractivity contribution >= 4 is 10.0 Å². The number of aryl methyl sites for hydroxylation is 1. The molecule has 0 radical (unpaired) electrons. The van der Waals surface area contributed by atoms with Gasteiger partial charge in [-0.25, -0.2) is 13.1 Å². The van der Waals surface area contributed by atoms with Gasteiger partial charge in [0.05, 0.1) is 12.0 Å². The molecule has 1 unspecified atom stereocenters. The summed E-state index contributed by atoms with van der Waals surface area (Å²) < 4.78 is 32.7. The highest BCUT2D eigenvalue weighted by molar-refractivity contribution is 7.89. The smallest absolute Gasteiger partial charge is 0.241 e. The summed E-state index contributed by atoms with van der Waals surface area (Å²) in [6.07, 6.45) is 0. The van der Waals surface area contributed by atoms with Gasteiger partial charge in [-0.05, 0) is 32.0 Å². The number of hydrogen-bond donors (Lipinski definition) is 1. The fraction of sp³-hybridized carbons (Fsp3) is 0.250. The number of ether oxygens (including phenoxy) is 1. The van der Waals surface area contributed by atoms with Crippen molar-refractivity contribution in [2.45, 2.75) is 24.8 Å². The van der Waals surface area contributed by atoms with Crippen LogP contribution in [-0.4, -0.2) is 15.5 Å². The molecular weight excluding hydrogens is 286 g/mol. The lowest BCUT2D eigenvalue weighted by Crippen LogP contribution is -2.27. The standard InChI is InChI=1S/C16H19NO3S/c1-12-8-10-14(11-9-12)21(18,19)17-13(2)15-6-4-5-7-16(15)20-3/h4-11,13,17H,1-3H3. The minimum Gasteiger partial charge on any atom is -0.496 e. The Balaban J connectivity index is 2.25. The number of methoxy groups -OCH3 is 1. The summed E-state index contributed by atoms with van der Waals surface area (Å²) in [5.41, 5.74) is 1.82. The molecule has 0 aliphatic heterocycles. The predicted octanol–water partition coefficient (Wildman–Crippen LogP) is 3.04. The minimum atomic E-state index is -3.55. The zero-order valence-corrected chi connectivity index (χ0v) is 13.1. The number of para-hydroxylation sites is 1. The molecule has 0 saturated carbocycles. The Morgan fingerprint density at radius 3 is 2.29 bits per heavy atom. The molecular formula is C16H19NO3S. The first-order valence-corrected chi connectivity index (χ1v) is 8.14. The first-order valence-electron chi connectivity index (χ1n) is 6.66. The molecule has 1 N–H and O–H groups in total. The number of benzene rings is 2. The number of hydrogen-bond acceptors (Lipinski definition) is 3. The van der Waals surface area contributed by atoms with E-state index in [0.29, 0.717) is 5.75 Å². The maximum absolute atomic E-state index is 12.4. The van der Waals surface area contributed by atoms with Crippen molar-refractivity contribution in [3.63, 3.8) is 0 Å². The van der Waals surface area contributed by atoms with E-state index in [-0.39, 0.29) is 10.9 Å². The van der Waals surface area contributed by atoms with E-state index in [0.717, 1.165) is 11.1 Å². The van der Waals surface area contributed by atoms with Crippen LogP contribution in [0.4, 0.5) is 0 Å².